The van der Waals surface area contributed by atoms with E-state index < -0.39 is 34.0 Å². The van der Waals surface area contributed by atoms with Gasteiger partial charge in [0.1, 0.15) is 0 Å². The van der Waals surface area contributed by atoms with Crippen molar-refractivity contribution in [2.75, 3.05) is 19.7 Å². The maximum absolute atomic E-state index is 12.5. The molecule has 0 aromatic heterocycles. The number of amides is 3. The fraction of sp³-hybridized carbons (Fsp3) is 0.286. The molecule has 31 heavy (non-hydrogen) atoms. The van der Waals surface area contributed by atoms with Gasteiger partial charge in [-0.2, -0.15) is 0 Å². The minimum Gasteiger partial charge on any atom is -0.439 e. The zero-order valence-electron chi connectivity index (χ0n) is 16.9. The van der Waals surface area contributed by atoms with Crippen LogP contribution < -0.4 is 10.0 Å². The second kappa shape index (κ2) is 9.71. The molecule has 0 aliphatic carbocycles. The number of imide groups is 1. The fourth-order valence-electron chi connectivity index (χ4n) is 3.09. The Morgan fingerprint density at radius 1 is 1.13 bits per heavy atom. The Labute approximate surface area is 180 Å². The third kappa shape index (κ3) is 5.89. The number of ether oxygens (including phenoxy) is 1. The predicted molar refractivity (Wildman–Crippen MR) is 111 cm³/mol. The lowest BCUT2D eigenvalue weighted by Gasteiger charge is -2.23. The highest BCUT2D eigenvalue weighted by Gasteiger charge is 2.33. The molecule has 1 aliphatic heterocycles. The zero-order valence-corrected chi connectivity index (χ0v) is 17.7. The first kappa shape index (κ1) is 22.4. The monoisotopic (exact) mass is 445 g/mol. The van der Waals surface area contributed by atoms with Crippen molar-refractivity contribution in [2.24, 2.45) is 0 Å². The van der Waals surface area contributed by atoms with Crippen LogP contribution in [0.5, 0.6) is 0 Å². The van der Waals surface area contributed by atoms with Crippen LogP contribution in [0.4, 0.5) is 4.79 Å². The number of rotatable bonds is 9. The predicted octanol–water partition coefficient (Wildman–Crippen LogP) is 1.50. The van der Waals surface area contributed by atoms with Crippen LogP contribution in [0.15, 0.2) is 59.5 Å². The summed E-state index contributed by atoms with van der Waals surface area (Å²) in [6.07, 6.45) is -0.877. The normalized spacial score (nSPS) is 14.9. The molecule has 0 spiro atoms. The van der Waals surface area contributed by atoms with E-state index >= 15 is 0 Å². The fourth-order valence-corrected chi connectivity index (χ4v) is 4.23. The van der Waals surface area contributed by atoms with Crippen molar-refractivity contribution in [3.8, 4) is 0 Å². The number of carbonyl (C=O) groups excluding carboxylic acids is 3. The van der Waals surface area contributed by atoms with Crippen LogP contribution in [0, 0.1) is 6.92 Å². The van der Waals surface area contributed by atoms with Crippen LogP contribution in [0.1, 0.15) is 23.6 Å². The summed E-state index contributed by atoms with van der Waals surface area (Å²) in [4.78, 5) is 37.2. The number of sulfonamides is 1. The molecule has 2 N–H and O–H groups in total. The molecule has 10 heteroatoms. The van der Waals surface area contributed by atoms with E-state index in [2.05, 4.69) is 10.0 Å². The second-order valence-corrected chi connectivity index (χ2v) is 8.82. The van der Waals surface area contributed by atoms with Crippen LogP contribution in [-0.4, -0.2) is 50.9 Å². The van der Waals surface area contributed by atoms with Crippen molar-refractivity contribution >= 4 is 27.9 Å². The maximum atomic E-state index is 12.5. The summed E-state index contributed by atoms with van der Waals surface area (Å²) in [7, 11) is -3.74. The highest BCUT2D eigenvalue weighted by atomic mass is 32.2. The van der Waals surface area contributed by atoms with E-state index in [1.54, 1.807) is 55.5 Å². The molecule has 164 valence electrons. The smallest absolute Gasteiger partial charge is 0.417 e. The van der Waals surface area contributed by atoms with Gasteiger partial charge in [-0.1, -0.05) is 42.5 Å². The van der Waals surface area contributed by atoms with E-state index in [0.29, 0.717) is 5.56 Å². The number of nitrogens with zero attached hydrogens (tertiary/aromatic N) is 1. The molecule has 3 rings (SSSR count). The molecule has 1 saturated heterocycles. The van der Waals surface area contributed by atoms with Crippen LogP contribution in [0.2, 0.25) is 0 Å². The molecule has 0 saturated carbocycles. The van der Waals surface area contributed by atoms with E-state index in [1.807, 2.05) is 0 Å². The summed E-state index contributed by atoms with van der Waals surface area (Å²) in [6, 6.07) is 14.7. The van der Waals surface area contributed by atoms with E-state index in [4.69, 9.17) is 4.74 Å². The first-order valence-electron chi connectivity index (χ1n) is 9.64. The van der Waals surface area contributed by atoms with Crippen molar-refractivity contribution in [3.05, 3.63) is 65.7 Å². The molecule has 3 amide bonds. The number of hydrogen-bond donors (Lipinski definition) is 2. The Hall–Kier alpha value is -3.24. The molecule has 1 fully saturated rings. The summed E-state index contributed by atoms with van der Waals surface area (Å²) in [5.74, 6) is -0.910. The number of hydrogen-bond acceptors (Lipinski definition) is 6. The van der Waals surface area contributed by atoms with Gasteiger partial charge in [0.2, 0.25) is 15.9 Å². The largest absolute Gasteiger partial charge is 0.439 e. The van der Waals surface area contributed by atoms with Gasteiger partial charge < -0.3 is 10.1 Å². The first-order chi connectivity index (χ1) is 14.8. The van der Waals surface area contributed by atoms with Gasteiger partial charge in [-0.25, -0.2) is 22.8 Å². The van der Waals surface area contributed by atoms with E-state index in [1.165, 1.54) is 6.07 Å². The molecule has 2 aromatic rings. The van der Waals surface area contributed by atoms with E-state index in [0.717, 1.165) is 10.5 Å². The summed E-state index contributed by atoms with van der Waals surface area (Å²) in [6.45, 7) is 1.28. The summed E-state index contributed by atoms with van der Waals surface area (Å²) in [5.41, 5.74) is 1.50. The van der Waals surface area contributed by atoms with Crippen molar-refractivity contribution in [1.29, 1.82) is 0 Å². The van der Waals surface area contributed by atoms with Crippen LogP contribution in [0.3, 0.4) is 0 Å². The van der Waals surface area contributed by atoms with Crippen LogP contribution in [-0.2, 0) is 24.3 Å². The first-order valence-corrected chi connectivity index (χ1v) is 11.1. The molecule has 2 aromatic carbocycles. The number of cyclic esters (lactones) is 1. The number of carbonyl (C=O) groups is 3. The highest BCUT2D eigenvalue weighted by Crippen LogP contribution is 2.17. The van der Waals surface area contributed by atoms with Crippen LogP contribution >= 0.6 is 0 Å². The molecule has 1 unspecified atom stereocenters. The molecular formula is C21H23N3O6S. The average molecular weight is 445 g/mol. The quantitative estimate of drug-likeness (QED) is 0.603. The molecule has 1 heterocycles. The topological polar surface area (TPSA) is 122 Å². The maximum Gasteiger partial charge on any atom is 0.417 e. The molecule has 1 atom stereocenters. The van der Waals surface area contributed by atoms with Gasteiger partial charge in [-0.3, -0.25) is 9.59 Å². The standard InChI is InChI=1S/C21H23N3O6S/c1-15-6-5-9-17(12-15)31(28,29)22-11-10-19(25)23-18(16-7-3-2-4-8-16)13-24-20(26)14-30-21(24)27/h2-9,12,18,22H,10-11,13-14H2,1H3,(H,23,25). The lowest BCUT2D eigenvalue weighted by molar-refractivity contribution is -0.127. The summed E-state index contributed by atoms with van der Waals surface area (Å²) < 4.78 is 31.9. The van der Waals surface area contributed by atoms with Crippen molar-refractivity contribution in [2.45, 2.75) is 24.3 Å². The van der Waals surface area contributed by atoms with E-state index in [9.17, 15) is 22.8 Å². The van der Waals surface area contributed by atoms with Gasteiger partial charge in [0.15, 0.2) is 6.61 Å². The van der Waals surface area contributed by atoms with Gasteiger partial charge >= 0.3 is 6.09 Å². The summed E-state index contributed by atoms with van der Waals surface area (Å²) >= 11 is 0. The SMILES string of the molecule is Cc1cccc(S(=O)(=O)NCCC(=O)NC(CN2C(=O)COC2=O)c2ccccc2)c1. The second-order valence-electron chi connectivity index (χ2n) is 7.05. The Balaban J connectivity index is 1.61. The molecule has 0 radical (unpaired) electrons. The molecule has 0 bridgehead atoms. The lowest BCUT2D eigenvalue weighted by atomic mass is 10.1. The van der Waals surface area contributed by atoms with Gasteiger partial charge in [0, 0.05) is 13.0 Å². The van der Waals surface area contributed by atoms with Crippen molar-refractivity contribution in [1.82, 2.24) is 14.9 Å². The lowest BCUT2D eigenvalue weighted by Crippen LogP contribution is -2.41. The van der Waals surface area contributed by atoms with Gasteiger partial charge in [-0.15, -0.1) is 0 Å². The average Bonchev–Trinajstić information content (AvgIpc) is 3.06. The zero-order chi connectivity index (χ0) is 22.4. The number of nitrogens with one attached hydrogen (secondary N) is 2. The van der Waals surface area contributed by atoms with Crippen molar-refractivity contribution in [3.63, 3.8) is 0 Å². The third-order valence-electron chi connectivity index (χ3n) is 4.69. The van der Waals surface area contributed by atoms with Crippen molar-refractivity contribution < 1.29 is 27.5 Å². The Kier molecular flexibility index (Phi) is 7.03. The van der Waals surface area contributed by atoms with Gasteiger partial charge in [0.25, 0.3) is 5.91 Å². The minimum absolute atomic E-state index is 0.0809. The Bertz CT molecular complexity index is 1060. The molecular weight excluding hydrogens is 422 g/mol. The molecule has 1 aliphatic rings. The Morgan fingerprint density at radius 3 is 2.52 bits per heavy atom. The third-order valence-corrected chi connectivity index (χ3v) is 6.15. The summed E-state index contributed by atoms with van der Waals surface area (Å²) in [5, 5.41) is 2.76. The highest BCUT2D eigenvalue weighted by molar-refractivity contribution is 7.89. The molecule has 9 nitrogen and oxygen atoms in total. The number of benzene rings is 2. The number of aryl methyl sites for hydroxylation is 1. The van der Waals surface area contributed by atoms with Crippen LogP contribution in [0.25, 0.3) is 0 Å². The van der Waals surface area contributed by atoms with Gasteiger partial charge in [-0.05, 0) is 30.2 Å². The van der Waals surface area contributed by atoms with Gasteiger partial charge in [0.05, 0.1) is 17.5 Å². The van der Waals surface area contributed by atoms with E-state index in [-0.39, 0.29) is 31.0 Å². The Morgan fingerprint density at radius 2 is 1.87 bits per heavy atom. The minimum atomic E-state index is -3.74.